The highest BCUT2D eigenvalue weighted by molar-refractivity contribution is 5.59. The number of nitrogens with two attached hydrogens (primary N) is 1. The fourth-order valence-electron chi connectivity index (χ4n) is 1.55. The lowest BCUT2D eigenvalue weighted by molar-refractivity contribution is -0.384. The third kappa shape index (κ3) is 3.08. The first-order chi connectivity index (χ1) is 9.60. The lowest BCUT2D eigenvalue weighted by Gasteiger charge is -2.03. The van der Waals surface area contributed by atoms with Crippen LogP contribution in [0.1, 0.15) is 0 Å². The Kier molecular flexibility index (Phi) is 3.90. The summed E-state index contributed by atoms with van der Waals surface area (Å²) in [5.41, 5.74) is 7.10. The molecule has 20 heavy (non-hydrogen) atoms. The fraction of sp³-hybridized carbons (Fsp3) is 0.0769. The van der Waals surface area contributed by atoms with Gasteiger partial charge in [-0.15, -0.1) is 0 Å². The fourth-order valence-corrected chi connectivity index (χ4v) is 1.55. The van der Waals surface area contributed by atoms with Crippen LogP contribution in [0.15, 0.2) is 52.7 Å². The molecule has 0 unspecified atom stereocenters. The minimum Gasteiger partial charge on any atom is -0.495 e. The van der Waals surface area contributed by atoms with Crippen molar-refractivity contribution in [3.63, 3.8) is 0 Å². The second-order valence-corrected chi connectivity index (χ2v) is 3.90. The first-order valence-corrected chi connectivity index (χ1v) is 5.70. The summed E-state index contributed by atoms with van der Waals surface area (Å²) < 4.78 is 5.07. The number of hydrogen-bond donors (Lipinski definition) is 1. The van der Waals surface area contributed by atoms with E-state index < -0.39 is 4.92 Å². The zero-order valence-electron chi connectivity index (χ0n) is 10.7. The molecule has 0 amide bonds. The number of benzene rings is 2. The maximum absolute atomic E-state index is 10.7. The first-order valence-electron chi connectivity index (χ1n) is 5.70. The molecule has 0 aliphatic heterocycles. The van der Waals surface area contributed by atoms with Crippen molar-refractivity contribution in [3.05, 3.63) is 52.6 Å². The minimum atomic E-state index is -0.481. The van der Waals surface area contributed by atoms with Crippen LogP contribution >= 0.6 is 0 Å². The molecule has 102 valence electrons. The van der Waals surface area contributed by atoms with Gasteiger partial charge in [-0.2, -0.15) is 10.2 Å². The monoisotopic (exact) mass is 272 g/mol. The molecule has 7 nitrogen and oxygen atoms in total. The average molecular weight is 272 g/mol. The molecule has 0 radical (unpaired) electrons. The quantitative estimate of drug-likeness (QED) is 0.397. The highest BCUT2D eigenvalue weighted by Gasteiger charge is 2.05. The van der Waals surface area contributed by atoms with Crippen molar-refractivity contribution in [3.8, 4) is 5.75 Å². The second kappa shape index (κ2) is 5.79. The number of non-ortho nitro benzene ring substituents is 1. The van der Waals surface area contributed by atoms with E-state index in [2.05, 4.69) is 10.2 Å². The van der Waals surface area contributed by atoms with Crippen LogP contribution in [0.25, 0.3) is 0 Å². The number of rotatable bonds is 4. The highest BCUT2D eigenvalue weighted by Crippen LogP contribution is 2.28. The normalized spacial score (nSPS) is 10.7. The second-order valence-electron chi connectivity index (χ2n) is 3.90. The molecule has 0 aliphatic carbocycles. The summed E-state index contributed by atoms with van der Waals surface area (Å²) in [6.45, 7) is 0. The molecule has 0 saturated heterocycles. The molecule has 0 aromatic heterocycles. The lowest BCUT2D eigenvalue weighted by Crippen LogP contribution is -1.90. The zero-order chi connectivity index (χ0) is 14.5. The average Bonchev–Trinajstić information content (AvgIpc) is 2.46. The summed E-state index contributed by atoms with van der Waals surface area (Å²) >= 11 is 0. The van der Waals surface area contributed by atoms with Gasteiger partial charge in [-0.05, 0) is 18.2 Å². The van der Waals surface area contributed by atoms with E-state index in [1.54, 1.807) is 30.3 Å². The molecule has 0 aliphatic rings. The third-order valence-corrected chi connectivity index (χ3v) is 2.54. The van der Waals surface area contributed by atoms with Crippen molar-refractivity contribution < 1.29 is 9.66 Å². The molecule has 0 bridgehead atoms. The van der Waals surface area contributed by atoms with Crippen molar-refractivity contribution in [2.75, 3.05) is 12.8 Å². The van der Waals surface area contributed by atoms with Crippen LogP contribution in [0.4, 0.5) is 22.7 Å². The van der Waals surface area contributed by atoms with Gasteiger partial charge in [-0.3, -0.25) is 10.1 Å². The Morgan fingerprint density at radius 2 is 1.85 bits per heavy atom. The maximum Gasteiger partial charge on any atom is 0.271 e. The van der Waals surface area contributed by atoms with Gasteiger partial charge < -0.3 is 10.5 Å². The van der Waals surface area contributed by atoms with Gasteiger partial charge in [0, 0.05) is 18.2 Å². The molecule has 2 N–H and O–H groups in total. The number of nitro benzene ring substituents is 1. The van der Waals surface area contributed by atoms with Crippen molar-refractivity contribution in [1.29, 1.82) is 0 Å². The Labute approximate surface area is 114 Å². The van der Waals surface area contributed by atoms with Crippen LogP contribution < -0.4 is 10.5 Å². The number of azo groups is 1. The summed E-state index contributed by atoms with van der Waals surface area (Å²) in [5.74, 6) is 0.500. The number of nitrogen functional groups attached to an aromatic ring is 1. The molecule has 0 fully saturated rings. The van der Waals surface area contributed by atoms with E-state index in [1.165, 1.54) is 19.2 Å². The van der Waals surface area contributed by atoms with Crippen molar-refractivity contribution in [1.82, 2.24) is 0 Å². The molecule has 2 aromatic carbocycles. The SMILES string of the molecule is COc1cc(N=Nc2cccc([N+](=O)[O-])c2)ccc1N. The van der Waals surface area contributed by atoms with Gasteiger partial charge in [0.2, 0.25) is 0 Å². The summed E-state index contributed by atoms with van der Waals surface area (Å²) in [5, 5.41) is 18.6. The summed E-state index contributed by atoms with van der Waals surface area (Å²) in [6, 6.07) is 10.9. The van der Waals surface area contributed by atoms with E-state index in [0.29, 0.717) is 22.8 Å². The molecule has 2 aromatic rings. The van der Waals surface area contributed by atoms with E-state index in [4.69, 9.17) is 10.5 Å². The van der Waals surface area contributed by atoms with Gasteiger partial charge in [0.15, 0.2) is 0 Å². The van der Waals surface area contributed by atoms with Gasteiger partial charge in [0.05, 0.1) is 29.1 Å². The number of nitro groups is 1. The molecular weight excluding hydrogens is 260 g/mol. The smallest absolute Gasteiger partial charge is 0.271 e. The Morgan fingerprint density at radius 3 is 2.50 bits per heavy atom. The largest absolute Gasteiger partial charge is 0.495 e. The van der Waals surface area contributed by atoms with E-state index in [9.17, 15) is 10.1 Å². The summed E-state index contributed by atoms with van der Waals surface area (Å²) in [4.78, 5) is 10.2. The van der Waals surface area contributed by atoms with Gasteiger partial charge in [0.1, 0.15) is 5.75 Å². The molecule has 0 heterocycles. The van der Waals surface area contributed by atoms with E-state index in [-0.39, 0.29) is 5.69 Å². The Morgan fingerprint density at radius 1 is 1.15 bits per heavy atom. The predicted molar refractivity (Wildman–Crippen MR) is 74.7 cm³/mol. The van der Waals surface area contributed by atoms with Crippen molar-refractivity contribution >= 4 is 22.7 Å². The molecule has 0 saturated carbocycles. The first kappa shape index (κ1) is 13.5. The van der Waals surface area contributed by atoms with Crippen LogP contribution in [0.2, 0.25) is 0 Å². The number of ether oxygens (including phenoxy) is 1. The predicted octanol–water partition coefficient (Wildman–Crippen LogP) is 3.60. The molecular formula is C13H12N4O3. The van der Waals surface area contributed by atoms with Gasteiger partial charge in [0.25, 0.3) is 5.69 Å². The van der Waals surface area contributed by atoms with Gasteiger partial charge in [-0.1, -0.05) is 6.07 Å². The Hall–Kier alpha value is -2.96. The summed E-state index contributed by atoms with van der Waals surface area (Å²) in [7, 11) is 1.51. The Balaban J connectivity index is 2.25. The van der Waals surface area contributed by atoms with E-state index in [0.717, 1.165) is 0 Å². The van der Waals surface area contributed by atoms with Crippen LogP contribution in [0, 0.1) is 10.1 Å². The maximum atomic E-state index is 10.7. The van der Waals surface area contributed by atoms with Gasteiger partial charge in [-0.25, -0.2) is 0 Å². The minimum absolute atomic E-state index is 0.0312. The third-order valence-electron chi connectivity index (χ3n) is 2.54. The standard InChI is InChI=1S/C13H12N4O3/c1-20-13-8-10(5-6-12(13)14)16-15-9-3-2-4-11(7-9)17(18)19/h2-8H,14H2,1H3. The molecule has 0 atom stereocenters. The van der Waals surface area contributed by atoms with Crippen LogP contribution in [-0.4, -0.2) is 12.0 Å². The molecule has 7 heteroatoms. The number of hydrogen-bond acceptors (Lipinski definition) is 6. The lowest BCUT2D eigenvalue weighted by atomic mass is 10.2. The van der Waals surface area contributed by atoms with Crippen LogP contribution in [0.3, 0.4) is 0 Å². The summed E-state index contributed by atoms with van der Waals surface area (Å²) in [6.07, 6.45) is 0. The van der Waals surface area contributed by atoms with E-state index in [1.807, 2.05) is 0 Å². The van der Waals surface area contributed by atoms with Crippen molar-refractivity contribution in [2.24, 2.45) is 10.2 Å². The number of nitrogens with zero attached hydrogens (tertiary/aromatic N) is 3. The Bertz CT molecular complexity index is 670. The number of methoxy groups -OCH3 is 1. The van der Waals surface area contributed by atoms with Crippen LogP contribution in [-0.2, 0) is 0 Å². The highest BCUT2D eigenvalue weighted by atomic mass is 16.6. The number of anilines is 1. The zero-order valence-corrected chi connectivity index (χ0v) is 10.7. The van der Waals surface area contributed by atoms with E-state index >= 15 is 0 Å². The molecule has 2 rings (SSSR count). The van der Waals surface area contributed by atoms with Gasteiger partial charge >= 0.3 is 0 Å². The molecule has 0 spiro atoms. The van der Waals surface area contributed by atoms with Crippen molar-refractivity contribution in [2.45, 2.75) is 0 Å². The topological polar surface area (TPSA) is 103 Å². The van der Waals surface area contributed by atoms with Crippen LogP contribution in [0.5, 0.6) is 5.75 Å².